The average Bonchev–Trinajstić information content (AvgIpc) is 2.63. The molecule has 26 heavy (non-hydrogen) atoms. The van der Waals surface area contributed by atoms with Crippen molar-refractivity contribution in [3.63, 3.8) is 0 Å². The summed E-state index contributed by atoms with van der Waals surface area (Å²) in [6.07, 6.45) is 0. The summed E-state index contributed by atoms with van der Waals surface area (Å²) in [5.41, 5.74) is 1.84. The van der Waals surface area contributed by atoms with Crippen LogP contribution in [0.25, 0.3) is 0 Å². The molecule has 1 atom stereocenters. The lowest BCUT2D eigenvalue weighted by Crippen LogP contribution is -2.40. The van der Waals surface area contributed by atoms with E-state index in [9.17, 15) is 9.59 Å². The van der Waals surface area contributed by atoms with Crippen molar-refractivity contribution in [3.05, 3.63) is 64.7 Å². The minimum Gasteiger partial charge on any atom is -0.358 e. The Bertz CT molecular complexity index is 813. The maximum absolute atomic E-state index is 12.3. The topological polar surface area (TPSA) is 85.2 Å². The molecule has 0 saturated carbocycles. The number of carbonyl (C=O) groups is 2. The first kappa shape index (κ1) is 19.4. The van der Waals surface area contributed by atoms with E-state index in [0.29, 0.717) is 16.3 Å². The van der Waals surface area contributed by atoms with Crippen LogP contribution < -0.4 is 10.6 Å². The molecule has 0 spiro atoms. The molecule has 2 amide bonds. The average molecular weight is 371 g/mol. The summed E-state index contributed by atoms with van der Waals surface area (Å²) in [6, 6.07) is 14.9. The van der Waals surface area contributed by atoms with Crippen LogP contribution in [-0.4, -0.2) is 37.4 Å². The van der Waals surface area contributed by atoms with Crippen LogP contribution in [0.15, 0.2) is 48.5 Å². The molecule has 7 heteroatoms. The smallest absolute Gasteiger partial charge is 0.241 e. The molecule has 0 saturated heterocycles. The molecule has 2 aromatic carbocycles. The number of likely N-dealkylation sites (N-methyl/N-ethyl adjacent to an activating group) is 2. The Morgan fingerprint density at radius 3 is 2.31 bits per heavy atom. The number of nitriles is 1. The molecule has 0 fully saturated rings. The Labute approximate surface area is 157 Å². The van der Waals surface area contributed by atoms with E-state index in [1.807, 2.05) is 6.07 Å². The van der Waals surface area contributed by atoms with Gasteiger partial charge >= 0.3 is 0 Å². The highest BCUT2D eigenvalue weighted by Gasteiger charge is 2.25. The van der Waals surface area contributed by atoms with Crippen molar-refractivity contribution >= 4 is 29.1 Å². The van der Waals surface area contributed by atoms with E-state index in [2.05, 4.69) is 10.6 Å². The van der Waals surface area contributed by atoms with Crippen LogP contribution in [0.4, 0.5) is 5.69 Å². The molecule has 0 bridgehead atoms. The molecule has 0 radical (unpaired) electrons. The highest BCUT2D eigenvalue weighted by atomic mass is 35.5. The molecule has 2 aromatic rings. The number of nitrogens with zero attached hydrogens (tertiary/aromatic N) is 2. The third-order valence-electron chi connectivity index (χ3n) is 3.81. The number of amides is 2. The van der Waals surface area contributed by atoms with E-state index in [1.165, 1.54) is 0 Å². The lowest BCUT2D eigenvalue weighted by Gasteiger charge is -2.26. The summed E-state index contributed by atoms with van der Waals surface area (Å²) in [5.74, 6) is -0.485. The lowest BCUT2D eigenvalue weighted by atomic mass is 10.0. The first-order valence-corrected chi connectivity index (χ1v) is 8.29. The molecule has 2 N–H and O–H groups in total. The molecule has 0 aliphatic rings. The van der Waals surface area contributed by atoms with Crippen molar-refractivity contribution in [2.24, 2.45) is 0 Å². The van der Waals surface area contributed by atoms with Crippen LogP contribution in [0.3, 0.4) is 0 Å². The van der Waals surface area contributed by atoms with Crippen molar-refractivity contribution in [2.75, 3.05) is 26.0 Å². The van der Waals surface area contributed by atoms with Crippen molar-refractivity contribution in [2.45, 2.75) is 6.04 Å². The van der Waals surface area contributed by atoms with Gasteiger partial charge in [0.2, 0.25) is 11.8 Å². The van der Waals surface area contributed by atoms with Gasteiger partial charge in [-0.2, -0.15) is 5.26 Å². The predicted octanol–water partition coefficient (Wildman–Crippen LogP) is 2.57. The first-order valence-electron chi connectivity index (χ1n) is 7.92. The lowest BCUT2D eigenvalue weighted by molar-refractivity contribution is -0.126. The summed E-state index contributed by atoms with van der Waals surface area (Å²) < 4.78 is 0. The molecule has 0 aliphatic heterocycles. The van der Waals surface area contributed by atoms with Gasteiger partial charge in [-0.3, -0.25) is 14.5 Å². The van der Waals surface area contributed by atoms with Crippen molar-refractivity contribution < 1.29 is 9.59 Å². The van der Waals surface area contributed by atoms with E-state index in [4.69, 9.17) is 16.9 Å². The molecule has 2 rings (SSSR count). The van der Waals surface area contributed by atoms with E-state index >= 15 is 0 Å². The zero-order valence-electron chi connectivity index (χ0n) is 14.5. The summed E-state index contributed by atoms with van der Waals surface area (Å²) in [4.78, 5) is 26.3. The number of nitrogens with one attached hydrogen (secondary N) is 2. The summed E-state index contributed by atoms with van der Waals surface area (Å²) in [6.45, 7) is 0.0146. The highest BCUT2D eigenvalue weighted by molar-refractivity contribution is 6.30. The monoisotopic (exact) mass is 370 g/mol. The molecule has 0 heterocycles. The highest BCUT2D eigenvalue weighted by Crippen LogP contribution is 2.22. The normalized spacial score (nSPS) is 11.5. The summed E-state index contributed by atoms with van der Waals surface area (Å²) in [7, 11) is 3.25. The third kappa shape index (κ3) is 5.06. The SMILES string of the molecule is CNC(=O)C(c1ccc(Cl)cc1)N(C)CC(=O)Nc1ccc(C#N)cc1. The summed E-state index contributed by atoms with van der Waals surface area (Å²) in [5, 5.41) is 14.7. The Morgan fingerprint density at radius 1 is 1.15 bits per heavy atom. The fourth-order valence-corrected chi connectivity index (χ4v) is 2.66. The Balaban J connectivity index is 2.09. The van der Waals surface area contributed by atoms with Gasteiger partial charge in [0.15, 0.2) is 0 Å². The second-order valence-electron chi connectivity index (χ2n) is 5.72. The molecular weight excluding hydrogens is 352 g/mol. The van der Waals surface area contributed by atoms with Crippen LogP contribution in [0, 0.1) is 11.3 Å². The minimum absolute atomic E-state index is 0.0146. The van der Waals surface area contributed by atoms with Gasteiger partial charge in [0.05, 0.1) is 18.2 Å². The predicted molar refractivity (Wildman–Crippen MR) is 101 cm³/mol. The van der Waals surface area contributed by atoms with E-state index < -0.39 is 6.04 Å². The number of hydrogen-bond donors (Lipinski definition) is 2. The number of benzene rings is 2. The van der Waals surface area contributed by atoms with Gasteiger partial charge in [0.25, 0.3) is 0 Å². The largest absolute Gasteiger partial charge is 0.358 e. The fraction of sp³-hybridized carbons (Fsp3) is 0.211. The van der Waals surface area contributed by atoms with Crippen LogP contribution in [0.1, 0.15) is 17.2 Å². The number of rotatable bonds is 6. The zero-order valence-corrected chi connectivity index (χ0v) is 15.2. The quantitative estimate of drug-likeness (QED) is 0.818. The van der Waals surface area contributed by atoms with Gasteiger partial charge in [0, 0.05) is 17.8 Å². The number of hydrogen-bond acceptors (Lipinski definition) is 4. The molecule has 6 nitrogen and oxygen atoms in total. The van der Waals surface area contributed by atoms with Crippen molar-refractivity contribution in [1.29, 1.82) is 5.26 Å². The minimum atomic E-state index is -0.621. The van der Waals surface area contributed by atoms with Crippen LogP contribution in [0.5, 0.6) is 0 Å². The van der Waals surface area contributed by atoms with Gasteiger partial charge in [-0.25, -0.2) is 0 Å². The molecule has 0 aliphatic carbocycles. The Kier molecular flexibility index (Phi) is 6.73. The second kappa shape index (κ2) is 8.99. The van der Waals surface area contributed by atoms with E-state index in [0.717, 1.165) is 5.56 Å². The van der Waals surface area contributed by atoms with Gasteiger partial charge in [-0.15, -0.1) is 0 Å². The molecular formula is C19H19ClN4O2. The third-order valence-corrected chi connectivity index (χ3v) is 4.06. The van der Waals surface area contributed by atoms with Crippen LogP contribution in [0.2, 0.25) is 5.02 Å². The maximum Gasteiger partial charge on any atom is 0.241 e. The zero-order chi connectivity index (χ0) is 19.1. The first-order chi connectivity index (χ1) is 12.4. The van der Waals surface area contributed by atoms with Crippen molar-refractivity contribution in [1.82, 2.24) is 10.2 Å². The number of carbonyl (C=O) groups excluding carboxylic acids is 2. The van der Waals surface area contributed by atoms with E-state index in [1.54, 1.807) is 67.5 Å². The fourth-order valence-electron chi connectivity index (χ4n) is 2.53. The number of anilines is 1. The van der Waals surface area contributed by atoms with Gasteiger partial charge < -0.3 is 10.6 Å². The van der Waals surface area contributed by atoms with Crippen LogP contribution >= 0.6 is 11.6 Å². The maximum atomic E-state index is 12.3. The Morgan fingerprint density at radius 2 is 1.77 bits per heavy atom. The standard InChI is InChI=1S/C19H19ClN4O2/c1-22-19(26)18(14-5-7-15(20)8-6-14)24(2)12-17(25)23-16-9-3-13(11-21)4-10-16/h3-10,18H,12H2,1-2H3,(H,22,26)(H,23,25). The van der Waals surface area contributed by atoms with Crippen LogP contribution in [-0.2, 0) is 9.59 Å². The van der Waals surface area contributed by atoms with Crippen molar-refractivity contribution in [3.8, 4) is 6.07 Å². The van der Waals surface area contributed by atoms with Gasteiger partial charge in [0.1, 0.15) is 6.04 Å². The molecule has 1 unspecified atom stereocenters. The van der Waals surface area contributed by atoms with Gasteiger partial charge in [-0.05, 0) is 49.0 Å². The van der Waals surface area contributed by atoms with E-state index in [-0.39, 0.29) is 18.4 Å². The second-order valence-corrected chi connectivity index (χ2v) is 6.16. The summed E-state index contributed by atoms with van der Waals surface area (Å²) >= 11 is 5.91. The molecule has 134 valence electrons. The van der Waals surface area contributed by atoms with Gasteiger partial charge in [-0.1, -0.05) is 23.7 Å². The number of halogens is 1. The Hall–Kier alpha value is -2.88. The molecule has 0 aromatic heterocycles.